The Morgan fingerprint density at radius 2 is 2.19 bits per heavy atom. The lowest BCUT2D eigenvalue weighted by Gasteiger charge is -2.28. The van der Waals surface area contributed by atoms with Gasteiger partial charge in [-0.3, -0.25) is 0 Å². The lowest BCUT2D eigenvalue weighted by atomic mass is 9.95. The van der Waals surface area contributed by atoms with Crippen molar-refractivity contribution in [2.45, 2.75) is 57.4 Å². The summed E-state index contributed by atoms with van der Waals surface area (Å²) in [4.78, 5) is 4.32. The van der Waals surface area contributed by atoms with Crippen LogP contribution in [0.4, 0.5) is 0 Å². The van der Waals surface area contributed by atoms with E-state index in [1.165, 1.54) is 6.26 Å². The minimum atomic E-state index is -2.97. The fraction of sp³-hybridized carbons (Fsp3) is 0.857. The maximum atomic E-state index is 11.8. The first-order valence-corrected chi connectivity index (χ1v) is 9.61. The molecular weight excluding hydrogens is 288 g/mol. The first-order chi connectivity index (χ1) is 9.88. The second-order valence-electron chi connectivity index (χ2n) is 6.42. The van der Waals surface area contributed by atoms with E-state index >= 15 is 0 Å². The van der Waals surface area contributed by atoms with Crippen molar-refractivity contribution < 1.29 is 8.42 Å². The van der Waals surface area contributed by atoms with E-state index in [4.69, 9.17) is 0 Å². The molecule has 6 nitrogen and oxygen atoms in total. The minimum Gasteiger partial charge on any atom is -0.310 e. The highest BCUT2D eigenvalue weighted by atomic mass is 32.2. The number of hydrogen-bond donors (Lipinski definition) is 1. The first-order valence-electron chi connectivity index (χ1n) is 7.66. The van der Waals surface area contributed by atoms with Gasteiger partial charge in [-0.05, 0) is 31.7 Å². The van der Waals surface area contributed by atoms with Crippen LogP contribution < -0.4 is 5.32 Å². The number of nitrogens with one attached hydrogen (secondary N) is 1. The van der Waals surface area contributed by atoms with Gasteiger partial charge >= 0.3 is 0 Å². The lowest BCUT2D eigenvalue weighted by Crippen LogP contribution is -2.31. The van der Waals surface area contributed by atoms with Crippen LogP contribution >= 0.6 is 0 Å². The normalized spacial score (nSPS) is 23.6. The summed E-state index contributed by atoms with van der Waals surface area (Å²) in [5, 5.41) is 7.45. The molecule has 1 saturated carbocycles. The Hall–Kier alpha value is -0.950. The fourth-order valence-electron chi connectivity index (χ4n) is 2.91. The van der Waals surface area contributed by atoms with Gasteiger partial charge in [-0.1, -0.05) is 20.3 Å². The van der Waals surface area contributed by atoms with Crippen LogP contribution in [0, 0.1) is 5.92 Å². The van der Waals surface area contributed by atoms with Crippen LogP contribution in [0.5, 0.6) is 0 Å². The van der Waals surface area contributed by atoms with Crippen molar-refractivity contribution in [2.24, 2.45) is 5.92 Å². The highest BCUT2D eigenvalue weighted by molar-refractivity contribution is 7.91. The molecule has 0 aliphatic heterocycles. The van der Waals surface area contributed by atoms with Crippen LogP contribution in [0.15, 0.2) is 6.33 Å². The largest absolute Gasteiger partial charge is 0.310 e. The van der Waals surface area contributed by atoms with Gasteiger partial charge in [0.1, 0.15) is 22.0 Å². The molecule has 0 radical (unpaired) electrons. The van der Waals surface area contributed by atoms with Gasteiger partial charge in [-0.15, -0.1) is 0 Å². The van der Waals surface area contributed by atoms with Crippen LogP contribution in [0.25, 0.3) is 0 Å². The van der Waals surface area contributed by atoms with Crippen molar-refractivity contribution in [2.75, 3.05) is 12.8 Å². The third-order valence-corrected chi connectivity index (χ3v) is 5.67. The topological polar surface area (TPSA) is 76.9 Å². The molecule has 1 heterocycles. The predicted octanol–water partition coefficient (Wildman–Crippen LogP) is 1.55. The van der Waals surface area contributed by atoms with Gasteiger partial charge in [0.25, 0.3) is 0 Å². The number of hydrogen-bond acceptors (Lipinski definition) is 5. The van der Waals surface area contributed by atoms with Crippen LogP contribution in [0.2, 0.25) is 0 Å². The van der Waals surface area contributed by atoms with Crippen molar-refractivity contribution in [3.8, 4) is 0 Å². The van der Waals surface area contributed by atoms with E-state index in [0.717, 1.165) is 31.6 Å². The maximum absolute atomic E-state index is 11.8. The zero-order chi connectivity index (χ0) is 15.5. The predicted molar refractivity (Wildman–Crippen MR) is 82.7 cm³/mol. The smallest absolute Gasteiger partial charge is 0.150 e. The molecule has 0 amide bonds. The Labute approximate surface area is 127 Å². The van der Waals surface area contributed by atoms with Crippen molar-refractivity contribution in [3.63, 3.8) is 0 Å². The minimum absolute atomic E-state index is 0.150. The summed E-state index contributed by atoms with van der Waals surface area (Å²) in [6, 6.07) is 0.150. The highest BCUT2D eigenvalue weighted by Crippen LogP contribution is 2.31. The second-order valence-corrected chi connectivity index (χ2v) is 8.74. The van der Waals surface area contributed by atoms with E-state index in [9.17, 15) is 8.42 Å². The van der Waals surface area contributed by atoms with Gasteiger partial charge in [-0.2, -0.15) is 5.10 Å². The van der Waals surface area contributed by atoms with Crippen LogP contribution in [0.3, 0.4) is 0 Å². The molecule has 1 N–H and O–H groups in total. The molecule has 2 rings (SSSR count). The Bertz CT molecular complexity index is 553. The third kappa shape index (κ3) is 4.51. The molecule has 21 heavy (non-hydrogen) atoms. The second kappa shape index (κ2) is 6.87. The van der Waals surface area contributed by atoms with Crippen molar-refractivity contribution in [3.05, 3.63) is 12.2 Å². The highest BCUT2D eigenvalue weighted by Gasteiger charge is 2.31. The Morgan fingerprint density at radius 3 is 2.86 bits per heavy atom. The SMILES string of the molecule is CC(C)CNCc1ncnn1C1CCCC(S(C)(=O)=O)C1. The molecule has 7 heteroatoms. The Kier molecular flexibility index (Phi) is 5.37. The summed E-state index contributed by atoms with van der Waals surface area (Å²) >= 11 is 0. The summed E-state index contributed by atoms with van der Waals surface area (Å²) < 4.78 is 25.5. The molecule has 0 aromatic carbocycles. The quantitative estimate of drug-likeness (QED) is 0.862. The molecule has 120 valence electrons. The number of nitrogens with zero attached hydrogens (tertiary/aromatic N) is 3. The molecule has 2 unspecified atom stereocenters. The monoisotopic (exact) mass is 314 g/mol. The molecule has 1 aromatic heterocycles. The van der Waals surface area contributed by atoms with Gasteiger partial charge < -0.3 is 5.32 Å². The van der Waals surface area contributed by atoms with Gasteiger partial charge in [0.2, 0.25) is 0 Å². The lowest BCUT2D eigenvalue weighted by molar-refractivity contribution is 0.318. The van der Waals surface area contributed by atoms with E-state index < -0.39 is 9.84 Å². The number of aromatic nitrogens is 3. The van der Waals surface area contributed by atoms with Crippen LogP contribution in [0.1, 0.15) is 51.4 Å². The zero-order valence-electron chi connectivity index (χ0n) is 13.1. The summed E-state index contributed by atoms with van der Waals surface area (Å²) in [7, 11) is -2.97. The molecule has 0 saturated heterocycles. The van der Waals surface area contributed by atoms with Gasteiger partial charge in [0, 0.05) is 6.26 Å². The molecule has 1 aromatic rings. The van der Waals surface area contributed by atoms with Crippen LogP contribution in [-0.2, 0) is 16.4 Å². The molecule has 1 fully saturated rings. The van der Waals surface area contributed by atoms with Gasteiger partial charge in [0.15, 0.2) is 0 Å². The van der Waals surface area contributed by atoms with Crippen molar-refractivity contribution in [1.29, 1.82) is 0 Å². The standard InChI is InChI=1S/C14H26N4O2S/c1-11(2)8-15-9-14-16-10-17-18(14)12-5-4-6-13(7-12)21(3,19)20/h10-13,15H,4-9H2,1-3H3. The molecule has 1 aliphatic carbocycles. The number of sulfone groups is 1. The van der Waals surface area contributed by atoms with Gasteiger partial charge in [0.05, 0.1) is 17.8 Å². The Balaban J connectivity index is 2.03. The van der Waals surface area contributed by atoms with E-state index in [1.54, 1.807) is 6.33 Å². The van der Waals surface area contributed by atoms with Crippen LogP contribution in [-0.4, -0.2) is 41.2 Å². The first kappa shape index (κ1) is 16.4. The summed E-state index contributed by atoms with van der Waals surface area (Å²) in [5.41, 5.74) is 0. The zero-order valence-corrected chi connectivity index (χ0v) is 13.9. The number of rotatable bonds is 6. The average Bonchev–Trinajstić information content (AvgIpc) is 2.86. The Morgan fingerprint density at radius 1 is 1.43 bits per heavy atom. The fourth-order valence-corrected chi connectivity index (χ4v) is 4.08. The van der Waals surface area contributed by atoms with Crippen molar-refractivity contribution >= 4 is 9.84 Å². The average molecular weight is 314 g/mol. The molecule has 0 bridgehead atoms. The molecule has 2 atom stereocenters. The summed E-state index contributed by atoms with van der Waals surface area (Å²) in [5.74, 6) is 1.49. The van der Waals surface area contributed by atoms with E-state index in [0.29, 0.717) is 18.9 Å². The third-order valence-electron chi connectivity index (χ3n) is 4.03. The van der Waals surface area contributed by atoms with E-state index in [-0.39, 0.29) is 11.3 Å². The molecule has 0 spiro atoms. The molecule has 1 aliphatic rings. The van der Waals surface area contributed by atoms with E-state index in [1.807, 2.05) is 4.68 Å². The van der Waals surface area contributed by atoms with Crippen molar-refractivity contribution in [1.82, 2.24) is 20.1 Å². The summed E-state index contributed by atoms with van der Waals surface area (Å²) in [6.45, 7) is 5.94. The molecular formula is C14H26N4O2S. The van der Waals surface area contributed by atoms with E-state index in [2.05, 4.69) is 29.2 Å². The maximum Gasteiger partial charge on any atom is 0.150 e. The summed E-state index contributed by atoms with van der Waals surface area (Å²) in [6.07, 6.45) is 6.24. The van der Waals surface area contributed by atoms with Gasteiger partial charge in [-0.25, -0.2) is 18.1 Å².